The van der Waals surface area contributed by atoms with E-state index in [0.29, 0.717) is 5.95 Å². The Morgan fingerprint density at radius 1 is 1.21 bits per heavy atom. The third-order valence-electron chi connectivity index (χ3n) is 3.38. The molecular formula is C17H22N6O4S. The summed E-state index contributed by atoms with van der Waals surface area (Å²) in [5.41, 5.74) is 7.37. The van der Waals surface area contributed by atoms with Gasteiger partial charge in [0.05, 0.1) is 0 Å². The average Bonchev–Trinajstić information content (AvgIpc) is 2.64. The van der Waals surface area contributed by atoms with Gasteiger partial charge in [-0.05, 0) is 18.6 Å². The lowest BCUT2D eigenvalue weighted by molar-refractivity contribution is -0.143. The lowest BCUT2D eigenvalue weighted by Gasteiger charge is -2.11. The van der Waals surface area contributed by atoms with Crippen LogP contribution in [0, 0.1) is 6.92 Å². The Balaban J connectivity index is 1.87. The number of anilines is 2. The summed E-state index contributed by atoms with van der Waals surface area (Å²) in [6, 6.07) is 7.31. The summed E-state index contributed by atoms with van der Waals surface area (Å²) in [4.78, 5) is 25.3. The SMILES string of the molecule is Cc1ccc(/C=C/S(=O)(=O)NCC(=O)OCc2nc(N)nc(N(C)C)n2)cc1. The molecular weight excluding hydrogens is 384 g/mol. The van der Waals surface area contributed by atoms with Crippen LogP contribution in [0.2, 0.25) is 0 Å². The van der Waals surface area contributed by atoms with Crippen LogP contribution < -0.4 is 15.4 Å². The molecule has 0 saturated heterocycles. The van der Waals surface area contributed by atoms with Gasteiger partial charge >= 0.3 is 5.97 Å². The number of aryl methyl sites for hydroxylation is 1. The summed E-state index contributed by atoms with van der Waals surface area (Å²) in [5.74, 6) is -0.309. The molecule has 0 bridgehead atoms. The molecule has 150 valence electrons. The van der Waals surface area contributed by atoms with E-state index in [1.54, 1.807) is 31.1 Å². The van der Waals surface area contributed by atoms with Gasteiger partial charge in [0.25, 0.3) is 0 Å². The summed E-state index contributed by atoms with van der Waals surface area (Å²) in [6.07, 6.45) is 1.43. The Labute approximate surface area is 163 Å². The number of esters is 1. The molecule has 3 N–H and O–H groups in total. The molecule has 0 unspecified atom stereocenters. The third kappa shape index (κ3) is 6.93. The molecule has 0 radical (unpaired) electrons. The van der Waals surface area contributed by atoms with Gasteiger partial charge in [0, 0.05) is 19.5 Å². The molecule has 1 aromatic carbocycles. The van der Waals surface area contributed by atoms with E-state index < -0.39 is 22.5 Å². The summed E-state index contributed by atoms with van der Waals surface area (Å²) in [7, 11) is -0.341. The van der Waals surface area contributed by atoms with E-state index in [0.717, 1.165) is 16.5 Å². The lowest BCUT2D eigenvalue weighted by atomic mass is 10.2. The number of carbonyl (C=O) groups is 1. The zero-order valence-corrected chi connectivity index (χ0v) is 16.6. The average molecular weight is 406 g/mol. The molecule has 1 aromatic heterocycles. The number of ether oxygens (including phenoxy) is 1. The van der Waals surface area contributed by atoms with E-state index in [4.69, 9.17) is 10.5 Å². The number of carbonyl (C=O) groups excluding carboxylic acids is 1. The Hall–Kier alpha value is -3.05. The second-order valence-corrected chi connectivity index (χ2v) is 7.70. The number of benzene rings is 1. The maximum absolute atomic E-state index is 12.0. The number of hydrogen-bond acceptors (Lipinski definition) is 9. The molecule has 0 amide bonds. The first-order valence-electron chi connectivity index (χ1n) is 8.22. The number of rotatable bonds is 8. The Morgan fingerprint density at radius 2 is 1.89 bits per heavy atom. The van der Waals surface area contributed by atoms with Crippen molar-refractivity contribution in [3.05, 3.63) is 46.6 Å². The Bertz CT molecular complexity index is 958. The minimum Gasteiger partial charge on any atom is -0.456 e. The first-order valence-corrected chi connectivity index (χ1v) is 9.77. The van der Waals surface area contributed by atoms with E-state index in [2.05, 4.69) is 19.7 Å². The van der Waals surface area contributed by atoms with E-state index in [1.165, 1.54) is 6.08 Å². The first kappa shape index (κ1) is 21.3. The zero-order chi connectivity index (χ0) is 20.7. The molecule has 0 saturated carbocycles. The largest absolute Gasteiger partial charge is 0.456 e. The summed E-state index contributed by atoms with van der Waals surface area (Å²) in [5, 5.41) is 0.987. The van der Waals surface area contributed by atoms with Crippen LogP contribution in [-0.2, 0) is 26.2 Å². The van der Waals surface area contributed by atoms with Gasteiger partial charge in [-0.3, -0.25) is 4.79 Å². The number of sulfonamides is 1. The van der Waals surface area contributed by atoms with Gasteiger partial charge in [-0.25, -0.2) is 13.1 Å². The minimum atomic E-state index is -3.79. The summed E-state index contributed by atoms with van der Waals surface area (Å²) in [6.45, 7) is 1.15. The van der Waals surface area contributed by atoms with E-state index in [9.17, 15) is 13.2 Å². The van der Waals surface area contributed by atoms with Crippen LogP contribution in [0.4, 0.5) is 11.9 Å². The van der Waals surface area contributed by atoms with Gasteiger partial charge in [0.2, 0.25) is 21.9 Å². The van der Waals surface area contributed by atoms with Gasteiger partial charge < -0.3 is 15.4 Å². The van der Waals surface area contributed by atoms with Gasteiger partial charge in [-0.15, -0.1) is 0 Å². The highest BCUT2D eigenvalue weighted by Gasteiger charge is 2.12. The van der Waals surface area contributed by atoms with Crippen molar-refractivity contribution in [3.8, 4) is 0 Å². The van der Waals surface area contributed by atoms with Crippen molar-refractivity contribution in [2.75, 3.05) is 31.3 Å². The standard InChI is InChI=1S/C17H22N6O4S/c1-12-4-6-13(7-5-12)8-9-28(25,26)19-10-15(24)27-11-14-20-16(18)22-17(21-14)23(2)3/h4-9,19H,10-11H2,1-3H3,(H2,18,20,21,22)/b9-8+. The topological polar surface area (TPSA) is 140 Å². The third-order valence-corrected chi connectivity index (χ3v) is 4.43. The fourth-order valence-electron chi connectivity index (χ4n) is 1.94. The molecule has 0 aliphatic carbocycles. The molecule has 1 heterocycles. The second kappa shape index (κ2) is 9.24. The number of nitrogens with two attached hydrogens (primary N) is 1. The number of nitrogens with zero attached hydrogens (tertiary/aromatic N) is 4. The van der Waals surface area contributed by atoms with Crippen molar-refractivity contribution in [2.45, 2.75) is 13.5 Å². The van der Waals surface area contributed by atoms with E-state index >= 15 is 0 Å². The zero-order valence-electron chi connectivity index (χ0n) is 15.8. The molecule has 10 nitrogen and oxygen atoms in total. The molecule has 0 atom stereocenters. The van der Waals surface area contributed by atoms with Crippen LogP contribution in [-0.4, -0.2) is 50.0 Å². The molecule has 0 aliphatic rings. The van der Waals surface area contributed by atoms with Crippen molar-refractivity contribution in [3.63, 3.8) is 0 Å². The molecule has 2 aromatic rings. The van der Waals surface area contributed by atoms with Crippen LogP contribution in [0.15, 0.2) is 29.7 Å². The predicted molar refractivity (Wildman–Crippen MR) is 105 cm³/mol. The number of nitrogen functional groups attached to an aromatic ring is 1. The van der Waals surface area contributed by atoms with Crippen molar-refractivity contribution >= 4 is 34.0 Å². The van der Waals surface area contributed by atoms with Crippen molar-refractivity contribution in [2.24, 2.45) is 0 Å². The van der Waals surface area contributed by atoms with Gasteiger partial charge in [0.15, 0.2) is 12.4 Å². The molecule has 11 heteroatoms. The normalized spacial score (nSPS) is 11.5. The smallest absolute Gasteiger partial charge is 0.321 e. The highest BCUT2D eigenvalue weighted by Crippen LogP contribution is 2.07. The fraction of sp³-hybridized carbons (Fsp3) is 0.294. The van der Waals surface area contributed by atoms with E-state index in [1.807, 2.05) is 19.1 Å². The van der Waals surface area contributed by atoms with Crippen LogP contribution >= 0.6 is 0 Å². The quantitative estimate of drug-likeness (QED) is 0.598. The van der Waals surface area contributed by atoms with Gasteiger partial charge in [-0.2, -0.15) is 15.0 Å². The number of aromatic nitrogens is 3. The van der Waals surface area contributed by atoms with Crippen molar-refractivity contribution in [1.82, 2.24) is 19.7 Å². The first-order chi connectivity index (χ1) is 13.1. The van der Waals surface area contributed by atoms with Gasteiger partial charge in [-0.1, -0.05) is 29.8 Å². The highest BCUT2D eigenvalue weighted by atomic mass is 32.2. The van der Waals surface area contributed by atoms with Crippen LogP contribution in [0.1, 0.15) is 17.0 Å². The summed E-state index contributed by atoms with van der Waals surface area (Å²) >= 11 is 0. The van der Waals surface area contributed by atoms with Crippen molar-refractivity contribution in [1.29, 1.82) is 0 Å². The maximum Gasteiger partial charge on any atom is 0.321 e. The number of nitrogens with one attached hydrogen (secondary N) is 1. The summed E-state index contributed by atoms with van der Waals surface area (Å²) < 4.78 is 31.0. The van der Waals surface area contributed by atoms with Gasteiger partial charge in [0.1, 0.15) is 6.54 Å². The molecule has 0 fully saturated rings. The molecule has 0 spiro atoms. The Kier molecular flexibility index (Phi) is 7.01. The molecule has 0 aliphatic heterocycles. The number of hydrogen-bond donors (Lipinski definition) is 2. The predicted octanol–water partition coefficient (Wildman–Crippen LogP) is 0.462. The lowest BCUT2D eigenvalue weighted by Crippen LogP contribution is -2.29. The maximum atomic E-state index is 12.0. The highest BCUT2D eigenvalue weighted by molar-refractivity contribution is 7.92. The monoisotopic (exact) mass is 406 g/mol. The Morgan fingerprint density at radius 3 is 2.54 bits per heavy atom. The second-order valence-electron chi connectivity index (χ2n) is 6.04. The minimum absolute atomic E-state index is 0.00769. The van der Waals surface area contributed by atoms with Crippen LogP contribution in [0.25, 0.3) is 6.08 Å². The van der Waals surface area contributed by atoms with E-state index in [-0.39, 0.29) is 18.4 Å². The van der Waals surface area contributed by atoms with Crippen molar-refractivity contribution < 1.29 is 17.9 Å². The van der Waals surface area contributed by atoms with Crippen LogP contribution in [0.3, 0.4) is 0 Å². The molecule has 28 heavy (non-hydrogen) atoms. The van der Waals surface area contributed by atoms with Crippen LogP contribution in [0.5, 0.6) is 0 Å². The fourth-order valence-corrected chi connectivity index (χ4v) is 2.69. The molecule has 2 rings (SSSR count).